The molecule has 5 nitrogen and oxygen atoms in total. The highest BCUT2D eigenvalue weighted by Gasteiger charge is 1.97. The van der Waals surface area contributed by atoms with Gasteiger partial charge in [0.15, 0.2) is 0 Å². The topological polar surface area (TPSA) is 75.9 Å². The van der Waals surface area contributed by atoms with Crippen LogP contribution in [0, 0.1) is 5.92 Å². The lowest BCUT2D eigenvalue weighted by Crippen LogP contribution is -2.11. The van der Waals surface area contributed by atoms with Gasteiger partial charge in [0, 0.05) is 12.6 Å². The molecule has 1 aromatic heterocycles. The van der Waals surface area contributed by atoms with Gasteiger partial charge in [0.1, 0.15) is 18.0 Å². The summed E-state index contributed by atoms with van der Waals surface area (Å²) in [6, 6.07) is 1.78. The molecule has 0 amide bonds. The van der Waals surface area contributed by atoms with Crippen molar-refractivity contribution < 1.29 is 0 Å². The van der Waals surface area contributed by atoms with E-state index in [1.165, 1.54) is 6.33 Å². The van der Waals surface area contributed by atoms with Crippen LogP contribution in [0.3, 0.4) is 0 Å². The normalized spacial score (nSPS) is 10.3. The summed E-state index contributed by atoms with van der Waals surface area (Å²) >= 11 is 0. The molecular formula is C9H17N5. The largest absolute Gasteiger partial charge is 0.370 e. The highest BCUT2D eigenvalue weighted by atomic mass is 15.3. The summed E-state index contributed by atoms with van der Waals surface area (Å²) in [5.41, 5.74) is 2.48. The molecule has 1 rings (SSSR count). The highest BCUT2D eigenvalue weighted by molar-refractivity contribution is 5.45. The molecule has 0 aliphatic heterocycles. The number of nitrogens with one attached hydrogen (secondary N) is 2. The number of anilines is 2. The predicted octanol–water partition coefficient (Wildman–Crippen LogP) is 1.22. The summed E-state index contributed by atoms with van der Waals surface area (Å²) in [6.07, 6.45) is 2.60. The zero-order chi connectivity index (χ0) is 10.4. The third-order valence-electron chi connectivity index (χ3n) is 1.84. The van der Waals surface area contributed by atoms with E-state index in [0.717, 1.165) is 18.8 Å². The van der Waals surface area contributed by atoms with Gasteiger partial charge in [0.2, 0.25) is 0 Å². The maximum absolute atomic E-state index is 5.23. The number of aromatic nitrogens is 2. The van der Waals surface area contributed by atoms with Crippen LogP contribution in [0.2, 0.25) is 0 Å². The first-order valence-electron chi connectivity index (χ1n) is 4.75. The molecule has 0 fully saturated rings. The van der Waals surface area contributed by atoms with Crippen molar-refractivity contribution in [3.05, 3.63) is 12.4 Å². The van der Waals surface area contributed by atoms with Crippen LogP contribution in [-0.4, -0.2) is 16.5 Å². The minimum atomic E-state index is 0.618. The molecule has 4 N–H and O–H groups in total. The van der Waals surface area contributed by atoms with Crippen molar-refractivity contribution in [1.82, 2.24) is 9.97 Å². The zero-order valence-corrected chi connectivity index (χ0v) is 8.62. The van der Waals surface area contributed by atoms with Crippen LogP contribution in [0.15, 0.2) is 12.4 Å². The first-order valence-corrected chi connectivity index (χ1v) is 4.75. The van der Waals surface area contributed by atoms with Gasteiger partial charge < -0.3 is 10.7 Å². The quantitative estimate of drug-likeness (QED) is 0.486. The molecule has 0 aromatic carbocycles. The van der Waals surface area contributed by atoms with Gasteiger partial charge in [0.05, 0.1) is 0 Å². The lowest BCUT2D eigenvalue weighted by Gasteiger charge is -2.07. The van der Waals surface area contributed by atoms with Gasteiger partial charge in [-0.05, 0) is 12.3 Å². The second kappa shape index (κ2) is 5.39. The van der Waals surface area contributed by atoms with Gasteiger partial charge >= 0.3 is 0 Å². The van der Waals surface area contributed by atoms with Gasteiger partial charge in [0.25, 0.3) is 0 Å². The molecule has 0 atom stereocenters. The summed E-state index contributed by atoms with van der Waals surface area (Å²) in [7, 11) is 0. The SMILES string of the molecule is CC(C)CCNc1cc(NN)ncn1. The van der Waals surface area contributed by atoms with Gasteiger partial charge in [-0.1, -0.05) is 13.8 Å². The maximum Gasteiger partial charge on any atom is 0.145 e. The Morgan fingerprint density at radius 3 is 2.71 bits per heavy atom. The summed E-state index contributed by atoms with van der Waals surface area (Å²) in [5.74, 6) is 7.34. The molecule has 0 radical (unpaired) electrons. The number of hydrazine groups is 1. The lowest BCUT2D eigenvalue weighted by atomic mass is 10.1. The van der Waals surface area contributed by atoms with E-state index >= 15 is 0 Å². The van der Waals surface area contributed by atoms with Crippen LogP contribution in [0.5, 0.6) is 0 Å². The summed E-state index contributed by atoms with van der Waals surface area (Å²) in [6.45, 7) is 5.29. The van der Waals surface area contributed by atoms with E-state index in [9.17, 15) is 0 Å². The molecule has 1 aromatic rings. The fourth-order valence-electron chi connectivity index (χ4n) is 1.02. The molecule has 1 heterocycles. The van der Waals surface area contributed by atoms with Crippen LogP contribution >= 0.6 is 0 Å². The highest BCUT2D eigenvalue weighted by Crippen LogP contribution is 2.07. The zero-order valence-electron chi connectivity index (χ0n) is 8.62. The average molecular weight is 195 g/mol. The van der Waals surface area contributed by atoms with Crippen molar-refractivity contribution >= 4 is 11.6 Å². The first-order chi connectivity index (χ1) is 6.72. The van der Waals surface area contributed by atoms with Gasteiger partial charge in [-0.2, -0.15) is 0 Å². The molecule has 0 saturated carbocycles. The second-order valence-corrected chi connectivity index (χ2v) is 3.54. The molecule has 5 heteroatoms. The Hall–Kier alpha value is -1.36. The smallest absolute Gasteiger partial charge is 0.145 e. The molecule has 0 bridgehead atoms. The van der Waals surface area contributed by atoms with Crippen LogP contribution in [0.4, 0.5) is 11.6 Å². The Labute approximate surface area is 84.1 Å². The molecule has 0 unspecified atom stereocenters. The standard InChI is InChI=1S/C9H17N5/c1-7(2)3-4-11-8-5-9(14-10)13-6-12-8/h5-7H,3-4,10H2,1-2H3,(H2,11,12,13,14). The van der Waals surface area contributed by atoms with E-state index in [-0.39, 0.29) is 0 Å². The molecule has 0 saturated heterocycles. The van der Waals surface area contributed by atoms with Gasteiger partial charge in [-0.3, -0.25) is 0 Å². The van der Waals surface area contributed by atoms with E-state index in [1.54, 1.807) is 6.07 Å². The van der Waals surface area contributed by atoms with Crippen molar-refractivity contribution in [2.24, 2.45) is 11.8 Å². The van der Waals surface area contributed by atoms with E-state index in [4.69, 9.17) is 5.84 Å². The van der Waals surface area contributed by atoms with Crippen molar-refractivity contribution in [2.75, 3.05) is 17.3 Å². The van der Waals surface area contributed by atoms with Crippen molar-refractivity contribution in [3.63, 3.8) is 0 Å². The lowest BCUT2D eigenvalue weighted by molar-refractivity contribution is 0.606. The summed E-state index contributed by atoms with van der Waals surface area (Å²) in [4.78, 5) is 7.98. The van der Waals surface area contributed by atoms with Crippen LogP contribution in [-0.2, 0) is 0 Å². The van der Waals surface area contributed by atoms with Gasteiger partial charge in [-0.15, -0.1) is 0 Å². The van der Waals surface area contributed by atoms with E-state index in [2.05, 4.69) is 34.6 Å². The molecule has 0 aliphatic rings. The minimum Gasteiger partial charge on any atom is -0.370 e. The average Bonchev–Trinajstić information content (AvgIpc) is 2.18. The van der Waals surface area contributed by atoms with Crippen molar-refractivity contribution in [3.8, 4) is 0 Å². The Morgan fingerprint density at radius 2 is 2.07 bits per heavy atom. The van der Waals surface area contributed by atoms with Crippen molar-refractivity contribution in [1.29, 1.82) is 0 Å². The van der Waals surface area contributed by atoms with E-state index < -0.39 is 0 Å². The number of nitrogen functional groups attached to an aromatic ring is 1. The third kappa shape index (κ3) is 3.57. The second-order valence-electron chi connectivity index (χ2n) is 3.54. The number of hydrogen-bond donors (Lipinski definition) is 3. The first kappa shape index (κ1) is 10.7. The summed E-state index contributed by atoms with van der Waals surface area (Å²) < 4.78 is 0. The fourth-order valence-corrected chi connectivity index (χ4v) is 1.02. The molecule has 0 spiro atoms. The van der Waals surface area contributed by atoms with E-state index in [1.807, 2.05) is 0 Å². The minimum absolute atomic E-state index is 0.618. The van der Waals surface area contributed by atoms with Crippen LogP contribution in [0.1, 0.15) is 20.3 Å². The molecule has 0 aliphatic carbocycles. The van der Waals surface area contributed by atoms with Gasteiger partial charge in [-0.25, -0.2) is 15.8 Å². The number of nitrogens with two attached hydrogens (primary N) is 1. The number of nitrogens with zero attached hydrogens (tertiary/aromatic N) is 2. The van der Waals surface area contributed by atoms with Crippen molar-refractivity contribution in [2.45, 2.75) is 20.3 Å². The van der Waals surface area contributed by atoms with Crippen LogP contribution in [0.25, 0.3) is 0 Å². The fraction of sp³-hybridized carbons (Fsp3) is 0.556. The molecule has 78 valence electrons. The molecule has 14 heavy (non-hydrogen) atoms. The predicted molar refractivity (Wildman–Crippen MR) is 57.8 cm³/mol. The Bertz CT molecular complexity index is 274. The third-order valence-corrected chi connectivity index (χ3v) is 1.84. The Morgan fingerprint density at radius 1 is 1.36 bits per heavy atom. The van der Waals surface area contributed by atoms with Crippen LogP contribution < -0.4 is 16.6 Å². The Kier molecular flexibility index (Phi) is 4.12. The monoisotopic (exact) mass is 195 g/mol. The number of hydrogen-bond acceptors (Lipinski definition) is 5. The number of rotatable bonds is 5. The molecular weight excluding hydrogens is 178 g/mol. The maximum atomic E-state index is 5.23. The summed E-state index contributed by atoms with van der Waals surface area (Å²) in [5, 5.41) is 3.20. The van der Waals surface area contributed by atoms with E-state index in [0.29, 0.717) is 11.7 Å². The Balaban J connectivity index is 2.42.